The molecule has 2 N–H and O–H groups in total. The van der Waals surface area contributed by atoms with Gasteiger partial charge in [0.15, 0.2) is 5.82 Å². The highest BCUT2D eigenvalue weighted by Gasteiger charge is 2.12. The van der Waals surface area contributed by atoms with E-state index in [-0.39, 0.29) is 0 Å². The van der Waals surface area contributed by atoms with Gasteiger partial charge in [-0.25, -0.2) is 4.98 Å². The Balaban J connectivity index is 2.48. The molecule has 2 rings (SSSR count). The van der Waals surface area contributed by atoms with Gasteiger partial charge >= 0.3 is 0 Å². The monoisotopic (exact) mass is 241 g/mol. The summed E-state index contributed by atoms with van der Waals surface area (Å²) in [5.41, 5.74) is 11.5. The average Bonchev–Trinajstić information content (AvgIpc) is 2.32. The van der Waals surface area contributed by atoms with E-state index in [4.69, 9.17) is 5.73 Å². The molecular formula is C15H19N3. The van der Waals surface area contributed by atoms with Crippen molar-refractivity contribution in [2.75, 3.05) is 17.7 Å². The van der Waals surface area contributed by atoms with Gasteiger partial charge in [0.1, 0.15) is 0 Å². The lowest BCUT2D eigenvalue weighted by atomic mass is 10.1. The summed E-state index contributed by atoms with van der Waals surface area (Å²) in [4.78, 5) is 6.42. The summed E-state index contributed by atoms with van der Waals surface area (Å²) < 4.78 is 0. The van der Waals surface area contributed by atoms with Gasteiger partial charge in [-0.2, -0.15) is 0 Å². The van der Waals surface area contributed by atoms with E-state index in [0.29, 0.717) is 0 Å². The molecule has 3 heteroatoms. The summed E-state index contributed by atoms with van der Waals surface area (Å²) in [5, 5.41) is 0. The SMILES string of the molecule is Cc1ccc(N(C)c2nccc(C)c2N)c(C)c1. The highest BCUT2D eigenvalue weighted by Crippen LogP contribution is 2.30. The second-order valence-corrected chi connectivity index (χ2v) is 4.71. The fourth-order valence-electron chi connectivity index (χ4n) is 2.12. The number of hydrogen-bond donors (Lipinski definition) is 1. The van der Waals surface area contributed by atoms with E-state index in [1.54, 1.807) is 6.20 Å². The van der Waals surface area contributed by atoms with Gasteiger partial charge in [-0.15, -0.1) is 0 Å². The standard InChI is InChI=1S/C15H19N3/c1-10-5-6-13(12(3)9-10)18(4)15-14(16)11(2)7-8-17-15/h5-9H,16H2,1-4H3. The molecule has 94 valence electrons. The minimum atomic E-state index is 0.736. The summed E-state index contributed by atoms with van der Waals surface area (Å²) in [6.07, 6.45) is 1.79. The number of aromatic nitrogens is 1. The highest BCUT2D eigenvalue weighted by atomic mass is 15.2. The second kappa shape index (κ2) is 4.69. The number of anilines is 3. The van der Waals surface area contributed by atoms with Crippen LogP contribution in [0.1, 0.15) is 16.7 Å². The van der Waals surface area contributed by atoms with E-state index in [0.717, 1.165) is 22.8 Å². The highest BCUT2D eigenvalue weighted by molar-refractivity contribution is 5.74. The van der Waals surface area contributed by atoms with Crippen LogP contribution in [-0.2, 0) is 0 Å². The minimum Gasteiger partial charge on any atom is -0.396 e. The molecule has 0 aliphatic heterocycles. The molecule has 0 bridgehead atoms. The number of pyridine rings is 1. The van der Waals surface area contributed by atoms with Crippen molar-refractivity contribution in [2.45, 2.75) is 20.8 Å². The van der Waals surface area contributed by atoms with E-state index < -0.39 is 0 Å². The van der Waals surface area contributed by atoms with Crippen LogP contribution in [0, 0.1) is 20.8 Å². The third-order valence-corrected chi connectivity index (χ3v) is 3.22. The van der Waals surface area contributed by atoms with E-state index in [9.17, 15) is 0 Å². The molecule has 0 atom stereocenters. The average molecular weight is 241 g/mol. The molecule has 1 heterocycles. The second-order valence-electron chi connectivity index (χ2n) is 4.71. The van der Waals surface area contributed by atoms with Crippen LogP contribution in [-0.4, -0.2) is 12.0 Å². The Hall–Kier alpha value is -2.03. The predicted octanol–water partition coefficient (Wildman–Crippen LogP) is 3.36. The molecule has 0 unspecified atom stereocenters. The summed E-state index contributed by atoms with van der Waals surface area (Å²) >= 11 is 0. The Morgan fingerprint density at radius 2 is 1.78 bits per heavy atom. The molecule has 0 aliphatic rings. The van der Waals surface area contributed by atoms with Crippen molar-refractivity contribution < 1.29 is 0 Å². The largest absolute Gasteiger partial charge is 0.396 e. The zero-order valence-electron chi connectivity index (χ0n) is 11.4. The fraction of sp³-hybridized carbons (Fsp3) is 0.267. The van der Waals surface area contributed by atoms with E-state index in [2.05, 4.69) is 37.0 Å². The smallest absolute Gasteiger partial charge is 0.156 e. The Kier molecular flexibility index (Phi) is 3.24. The summed E-state index contributed by atoms with van der Waals surface area (Å²) in [7, 11) is 2.00. The third kappa shape index (κ3) is 2.16. The maximum atomic E-state index is 6.10. The third-order valence-electron chi connectivity index (χ3n) is 3.22. The van der Waals surface area contributed by atoms with Gasteiger partial charge in [0, 0.05) is 18.9 Å². The number of nitrogens with two attached hydrogens (primary N) is 1. The molecule has 1 aromatic heterocycles. The molecule has 0 aliphatic carbocycles. The normalized spacial score (nSPS) is 10.4. The molecule has 0 saturated carbocycles. The van der Waals surface area contributed by atoms with E-state index >= 15 is 0 Å². The van der Waals surface area contributed by atoms with Crippen LogP contribution in [0.15, 0.2) is 30.5 Å². The van der Waals surface area contributed by atoms with Crippen molar-refractivity contribution in [1.29, 1.82) is 0 Å². The molecule has 3 nitrogen and oxygen atoms in total. The van der Waals surface area contributed by atoms with Crippen LogP contribution >= 0.6 is 0 Å². The zero-order chi connectivity index (χ0) is 13.3. The van der Waals surface area contributed by atoms with Gasteiger partial charge in [0.25, 0.3) is 0 Å². The number of benzene rings is 1. The molecule has 18 heavy (non-hydrogen) atoms. The lowest BCUT2D eigenvalue weighted by Gasteiger charge is -2.22. The van der Waals surface area contributed by atoms with Gasteiger partial charge in [0.05, 0.1) is 5.69 Å². The molecule has 0 amide bonds. The summed E-state index contributed by atoms with van der Waals surface area (Å²) in [6.45, 7) is 6.19. The first kappa shape index (κ1) is 12.4. The Bertz CT molecular complexity index is 576. The number of hydrogen-bond acceptors (Lipinski definition) is 3. The van der Waals surface area contributed by atoms with Crippen molar-refractivity contribution in [3.05, 3.63) is 47.2 Å². The van der Waals surface area contributed by atoms with E-state index in [1.165, 1.54) is 11.1 Å². The van der Waals surface area contributed by atoms with Crippen LogP contribution in [0.4, 0.5) is 17.2 Å². The Morgan fingerprint density at radius 3 is 2.44 bits per heavy atom. The Morgan fingerprint density at radius 1 is 1.06 bits per heavy atom. The van der Waals surface area contributed by atoms with E-state index in [1.807, 2.05) is 24.9 Å². The number of rotatable bonds is 2. The van der Waals surface area contributed by atoms with Crippen molar-refractivity contribution in [3.8, 4) is 0 Å². The first-order chi connectivity index (χ1) is 8.50. The van der Waals surface area contributed by atoms with Crippen molar-refractivity contribution in [3.63, 3.8) is 0 Å². The van der Waals surface area contributed by atoms with Gasteiger partial charge in [-0.3, -0.25) is 0 Å². The van der Waals surface area contributed by atoms with Crippen molar-refractivity contribution in [1.82, 2.24) is 4.98 Å². The van der Waals surface area contributed by atoms with Crippen LogP contribution in [0.25, 0.3) is 0 Å². The molecule has 0 spiro atoms. The van der Waals surface area contributed by atoms with Crippen LogP contribution in [0.5, 0.6) is 0 Å². The topological polar surface area (TPSA) is 42.2 Å². The predicted molar refractivity (Wildman–Crippen MR) is 77.4 cm³/mol. The van der Waals surface area contributed by atoms with Gasteiger partial charge in [0.2, 0.25) is 0 Å². The van der Waals surface area contributed by atoms with Gasteiger partial charge in [-0.05, 0) is 44.0 Å². The molecular weight excluding hydrogens is 222 g/mol. The maximum Gasteiger partial charge on any atom is 0.156 e. The van der Waals surface area contributed by atoms with Gasteiger partial charge < -0.3 is 10.6 Å². The van der Waals surface area contributed by atoms with Crippen LogP contribution in [0.2, 0.25) is 0 Å². The summed E-state index contributed by atoms with van der Waals surface area (Å²) in [6, 6.07) is 8.30. The molecule has 0 fully saturated rings. The summed E-state index contributed by atoms with van der Waals surface area (Å²) in [5.74, 6) is 0.807. The lowest BCUT2D eigenvalue weighted by Crippen LogP contribution is -2.15. The fourth-order valence-corrected chi connectivity index (χ4v) is 2.12. The molecule has 2 aromatic rings. The quantitative estimate of drug-likeness (QED) is 0.876. The molecule has 1 aromatic carbocycles. The first-order valence-corrected chi connectivity index (χ1v) is 6.02. The lowest BCUT2D eigenvalue weighted by molar-refractivity contribution is 1.11. The Labute approximate surface area is 108 Å². The minimum absolute atomic E-state index is 0.736. The van der Waals surface area contributed by atoms with Crippen molar-refractivity contribution in [2.24, 2.45) is 0 Å². The maximum absolute atomic E-state index is 6.10. The number of nitrogen functional groups attached to an aromatic ring is 1. The van der Waals surface area contributed by atoms with Crippen molar-refractivity contribution >= 4 is 17.2 Å². The molecule has 0 saturated heterocycles. The van der Waals surface area contributed by atoms with Gasteiger partial charge in [-0.1, -0.05) is 17.7 Å². The number of aryl methyl sites for hydroxylation is 3. The molecule has 0 radical (unpaired) electrons. The number of nitrogens with zero attached hydrogens (tertiary/aromatic N) is 2. The van der Waals surface area contributed by atoms with Crippen LogP contribution < -0.4 is 10.6 Å². The first-order valence-electron chi connectivity index (χ1n) is 6.02. The zero-order valence-corrected chi connectivity index (χ0v) is 11.4. The van der Waals surface area contributed by atoms with Crippen LogP contribution in [0.3, 0.4) is 0 Å².